The average molecular weight is 234 g/mol. The number of hydrogen-bond donors (Lipinski definition) is 2. The quantitative estimate of drug-likeness (QED) is 0.758. The molecule has 0 bridgehead atoms. The van der Waals surface area contributed by atoms with E-state index in [-0.39, 0.29) is 12.1 Å². The van der Waals surface area contributed by atoms with E-state index in [9.17, 15) is 4.79 Å². The third kappa shape index (κ3) is 8.57. The first-order valence-corrected chi connectivity index (χ1v) is 6.47. The SMILES string of the molecule is CSCCC(CN)NC(=O)OC(C)(C)C. The molecule has 1 amide bonds. The number of carbonyl (C=O) groups is 1. The summed E-state index contributed by atoms with van der Waals surface area (Å²) in [4.78, 5) is 11.4. The van der Waals surface area contributed by atoms with Crippen LogP contribution in [0.4, 0.5) is 4.79 Å². The molecule has 0 fully saturated rings. The second-order valence-corrected chi connectivity index (χ2v) is 5.35. The van der Waals surface area contributed by atoms with Crippen LogP contribution in [0.3, 0.4) is 0 Å². The molecule has 1 atom stereocenters. The van der Waals surface area contributed by atoms with E-state index in [1.807, 2.05) is 27.0 Å². The summed E-state index contributed by atoms with van der Waals surface area (Å²) in [6.07, 6.45) is 2.51. The zero-order valence-electron chi connectivity index (χ0n) is 10.0. The molecule has 5 heteroatoms. The minimum absolute atomic E-state index is 0.00676. The summed E-state index contributed by atoms with van der Waals surface area (Å²) in [7, 11) is 0. The first kappa shape index (κ1) is 14.6. The predicted octanol–water partition coefficient (Wildman–Crippen LogP) is 1.59. The molecule has 0 aliphatic heterocycles. The Morgan fingerprint density at radius 3 is 2.53 bits per heavy atom. The van der Waals surface area contributed by atoms with Gasteiger partial charge in [0.1, 0.15) is 5.60 Å². The molecule has 0 aliphatic carbocycles. The van der Waals surface area contributed by atoms with Gasteiger partial charge in [-0.3, -0.25) is 0 Å². The second kappa shape index (κ2) is 6.95. The Morgan fingerprint density at radius 2 is 2.13 bits per heavy atom. The van der Waals surface area contributed by atoms with Crippen LogP contribution < -0.4 is 11.1 Å². The summed E-state index contributed by atoms with van der Waals surface area (Å²) < 4.78 is 5.14. The minimum Gasteiger partial charge on any atom is -0.444 e. The molecule has 3 N–H and O–H groups in total. The van der Waals surface area contributed by atoms with E-state index in [0.717, 1.165) is 12.2 Å². The lowest BCUT2D eigenvalue weighted by Gasteiger charge is -2.22. The molecule has 0 aromatic heterocycles. The average Bonchev–Trinajstić information content (AvgIpc) is 2.09. The molecule has 0 saturated carbocycles. The van der Waals surface area contributed by atoms with Crippen molar-refractivity contribution >= 4 is 17.9 Å². The normalized spacial score (nSPS) is 13.4. The molecule has 0 spiro atoms. The summed E-state index contributed by atoms with van der Waals surface area (Å²) >= 11 is 1.74. The Bertz CT molecular complexity index is 192. The van der Waals surface area contributed by atoms with Crippen LogP contribution >= 0.6 is 11.8 Å². The lowest BCUT2D eigenvalue weighted by atomic mass is 10.2. The van der Waals surface area contributed by atoms with E-state index >= 15 is 0 Å². The van der Waals surface area contributed by atoms with Crippen molar-refractivity contribution in [3.63, 3.8) is 0 Å². The van der Waals surface area contributed by atoms with Crippen molar-refractivity contribution in [3.05, 3.63) is 0 Å². The van der Waals surface area contributed by atoms with Gasteiger partial charge in [0.25, 0.3) is 0 Å². The third-order valence-corrected chi connectivity index (χ3v) is 2.32. The number of ether oxygens (including phenoxy) is 1. The lowest BCUT2D eigenvalue weighted by molar-refractivity contribution is 0.0505. The van der Waals surface area contributed by atoms with Gasteiger partial charge in [-0.05, 0) is 39.2 Å². The molecule has 4 nitrogen and oxygen atoms in total. The second-order valence-electron chi connectivity index (χ2n) is 4.36. The van der Waals surface area contributed by atoms with Gasteiger partial charge in [-0.15, -0.1) is 0 Å². The van der Waals surface area contributed by atoms with E-state index in [0.29, 0.717) is 6.54 Å². The number of rotatable bonds is 5. The number of hydrogen-bond acceptors (Lipinski definition) is 4. The summed E-state index contributed by atoms with van der Waals surface area (Å²) in [5.41, 5.74) is 5.09. The Hall–Kier alpha value is -0.420. The fourth-order valence-electron chi connectivity index (χ4n) is 0.983. The molecule has 0 heterocycles. The highest BCUT2D eigenvalue weighted by molar-refractivity contribution is 7.98. The van der Waals surface area contributed by atoms with Gasteiger partial charge in [0.2, 0.25) is 0 Å². The van der Waals surface area contributed by atoms with Gasteiger partial charge < -0.3 is 15.8 Å². The number of amides is 1. The van der Waals surface area contributed by atoms with E-state index in [4.69, 9.17) is 10.5 Å². The van der Waals surface area contributed by atoms with Crippen LogP contribution in [0.15, 0.2) is 0 Å². The molecule has 15 heavy (non-hydrogen) atoms. The predicted molar refractivity (Wildman–Crippen MR) is 65.2 cm³/mol. The van der Waals surface area contributed by atoms with Crippen LogP contribution in [0.2, 0.25) is 0 Å². The number of nitrogens with one attached hydrogen (secondary N) is 1. The van der Waals surface area contributed by atoms with E-state index in [1.54, 1.807) is 11.8 Å². The monoisotopic (exact) mass is 234 g/mol. The minimum atomic E-state index is -0.456. The maximum absolute atomic E-state index is 11.4. The molecule has 0 aromatic rings. The van der Waals surface area contributed by atoms with Crippen molar-refractivity contribution in [2.75, 3.05) is 18.6 Å². The van der Waals surface area contributed by atoms with Crippen LogP contribution in [0, 0.1) is 0 Å². The standard InChI is InChI=1S/C10H22N2O2S/c1-10(2,3)14-9(13)12-8(7-11)5-6-15-4/h8H,5-7,11H2,1-4H3,(H,12,13). The van der Waals surface area contributed by atoms with Crippen LogP contribution in [-0.2, 0) is 4.74 Å². The smallest absolute Gasteiger partial charge is 0.407 e. The van der Waals surface area contributed by atoms with Crippen LogP contribution in [0.25, 0.3) is 0 Å². The number of alkyl carbamates (subject to hydrolysis) is 1. The van der Waals surface area contributed by atoms with Gasteiger partial charge in [0.05, 0.1) is 0 Å². The zero-order valence-corrected chi connectivity index (χ0v) is 10.8. The third-order valence-electron chi connectivity index (χ3n) is 1.68. The first-order chi connectivity index (χ1) is 6.89. The Balaban J connectivity index is 3.91. The molecule has 90 valence electrons. The summed E-state index contributed by atoms with van der Waals surface area (Å²) in [5.74, 6) is 0.984. The van der Waals surface area contributed by atoms with Crippen molar-refractivity contribution in [1.82, 2.24) is 5.32 Å². The number of thioether (sulfide) groups is 1. The van der Waals surface area contributed by atoms with Crippen LogP contribution in [0.1, 0.15) is 27.2 Å². The highest BCUT2D eigenvalue weighted by Crippen LogP contribution is 2.07. The van der Waals surface area contributed by atoms with Gasteiger partial charge >= 0.3 is 6.09 Å². The number of carbonyl (C=O) groups excluding carboxylic acids is 1. The molecule has 0 rings (SSSR count). The fourth-order valence-corrected chi connectivity index (χ4v) is 1.50. The number of nitrogens with two attached hydrogens (primary N) is 1. The topological polar surface area (TPSA) is 64.3 Å². The van der Waals surface area contributed by atoms with Crippen molar-refractivity contribution in [3.8, 4) is 0 Å². The van der Waals surface area contributed by atoms with Gasteiger partial charge in [-0.25, -0.2) is 4.79 Å². The maximum atomic E-state index is 11.4. The summed E-state index contributed by atoms with van der Waals surface area (Å²) in [6, 6.07) is 0.00676. The Morgan fingerprint density at radius 1 is 1.53 bits per heavy atom. The molecule has 0 saturated heterocycles. The van der Waals surface area contributed by atoms with E-state index in [2.05, 4.69) is 5.32 Å². The molecule has 0 radical (unpaired) electrons. The van der Waals surface area contributed by atoms with E-state index in [1.165, 1.54) is 0 Å². The Labute approximate surface area is 96.3 Å². The molecular formula is C10H22N2O2S. The van der Waals surface area contributed by atoms with Crippen molar-refractivity contribution in [2.45, 2.75) is 38.8 Å². The Kier molecular flexibility index (Phi) is 6.76. The van der Waals surface area contributed by atoms with E-state index < -0.39 is 5.60 Å². The molecule has 0 aromatic carbocycles. The summed E-state index contributed by atoms with van der Waals surface area (Å²) in [5, 5.41) is 2.76. The van der Waals surface area contributed by atoms with Gasteiger partial charge in [0, 0.05) is 12.6 Å². The fraction of sp³-hybridized carbons (Fsp3) is 0.900. The van der Waals surface area contributed by atoms with Gasteiger partial charge in [0.15, 0.2) is 0 Å². The van der Waals surface area contributed by atoms with Gasteiger partial charge in [-0.1, -0.05) is 0 Å². The molecule has 0 aliphatic rings. The van der Waals surface area contributed by atoms with Crippen LogP contribution in [0.5, 0.6) is 0 Å². The van der Waals surface area contributed by atoms with Crippen LogP contribution in [-0.4, -0.2) is 36.3 Å². The van der Waals surface area contributed by atoms with Crippen molar-refractivity contribution in [1.29, 1.82) is 0 Å². The molecule has 1 unspecified atom stereocenters. The maximum Gasteiger partial charge on any atom is 0.407 e. The molecular weight excluding hydrogens is 212 g/mol. The zero-order chi connectivity index (χ0) is 11.9. The highest BCUT2D eigenvalue weighted by Gasteiger charge is 2.18. The van der Waals surface area contributed by atoms with Gasteiger partial charge in [-0.2, -0.15) is 11.8 Å². The largest absolute Gasteiger partial charge is 0.444 e. The van der Waals surface area contributed by atoms with Crippen molar-refractivity contribution < 1.29 is 9.53 Å². The lowest BCUT2D eigenvalue weighted by Crippen LogP contribution is -2.43. The summed E-state index contributed by atoms with van der Waals surface area (Å²) in [6.45, 7) is 5.96. The highest BCUT2D eigenvalue weighted by atomic mass is 32.2. The first-order valence-electron chi connectivity index (χ1n) is 5.07. The van der Waals surface area contributed by atoms with Crippen molar-refractivity contribution in [2.24, 2.45) is 5.73 Å².